The first-order valence-electron chi connectivity index (χ1n) is 13.9. The Labute approximate surface area is 261 Å². The summed E-state index contributed by atoms with van der Waals surface area (Å²) in [6.45, 7) is -0.0844. The summed E-state index contributed by atoms with van der Waals surface area (Å²) in [7, 11) is 0. The molecule has 1 aromatic heterocycles. The van der Waals surface area contributed by atoms with Gasteiger partial charge >= 0.3 is 17.9 Å². The van der Waals surface area contributed by atoms with Gasteiger partial charge in [0.05, 0.1) is 35.5 Å². The molecule has 0 saturated carbocycles. The second-order valence-corrected chi connectivity index (χ2v) is 11.3. The molecule has 1 fully saturated rings. The number of hydrogen-bond acceptors (Lipinski definition) is 10. The molecule has 4 aromatic rings. The van der Waals surface area contributed by atoms with Gasteiger partial charge in [0, 0.05) is 35.2 Å². The van der Waals surface area contributed by atoms with Crippen LogP contribution in [0.5, 0.6) is 0 Å². The van der Waals surface area contributed by atoms with Gasteiger partial charge in [-0.3, -0.25) is 4.79 Å². The van der Waals surface area contributed by atoms with Crippen LogP contribution in [0.2, 0.25) is 0 Å². The highest BCUT2D eigenvalue weighted by molar-refractivity contribution is 7.99. The lowest BCUT2D eigenvalue weighted by Crippen LogP contribution is -2.31. The number of aliphatic hydroxyl groups is 1. The van der Waals surface area contributed by atoms with Crippen LogP contribution in [0.15, 0.2) is 90.1 Å². The lowest BCUT2D eigenvalue weighted by Gasteiger charge is -2.36. The van der Waals surface area contributed by atoms with E-state index in [4.69, 9.17) is 9.47 Å². The Morgan fingerprint density at radius 1 is 0.911 bits per heavy atom. The molecule has 228 valence electrons. The number of cyclic esters (lactones) is 2. The Hall–Kier alpha value is -4.88. The number of nitrogens with zero attached hydrogens (tertiary/aromatic N) is 1. The number of thioether (sulfide) groups is 1. The molecule has 3 aromatic carbocycles. The summed E-state index contributed by atoms with van der Waals surface area (Å²) < 4.78 is 17.4. The Kier molecular flexibility index (Phi) is 8.71. The monoisotopic (exact) mass is 626 g/mol. The molecule has 0 aliphatic carbocycles. The summed E-state index contributed by atoms with van der Waals surface area (Å²) in [6, 6.07) is 21.6. The van der Waals surface area contributed by atoms with Gasteiger partial charge in [0.2, 0.25) is 0 Å². The average molecular weight is 627 g/mol. The van der Waals surface area contributed by atoms with Gasteiger partial charge in [0.1, 0.15) is 5.03 Å². The Bertz CT molecular complexity index is 1790. The van der Waals surface area contributed by atoms with Crippen molar-refractivity contribution < 1.29 is 43.6 Å². The zero-order valence-electron chi connectivity index (χ0n) is 23.5. The van der Waals surface area contributed by atoms with E-state index in [9.17, 15) is 29.4 Å². The number of anilines is 1. The first-order chi connectivity index (χ1) is 21.8. The Morgan fingerprint density at radius 3 is 2.49 bits per heavy atom. The second-order valence-electron chi connectivity index (χ2n) is 10.3. The number of carboxylic acid groups (broad SMARTS) is 1. The molecule has 1 amide bonds. The van der Waals surface area contributed by atoms with Crippen molar-refractivity contribution in [1.29, 1.82) is 0 Å². The van der Waals surface area contributed by atoms with Gasteiger partial charge in [0.15, 0.2) is 6.29 Å². The molecule has 3 atom stereocenters. The van der Waals surface area contributed by atoms with Gasteiger partial charge in [-0.1, -0.05) is 36.4 Å². The van der Waals surface area contributed by atoms with Crippen LogP contribution >= 0.6 is 11.8 Å². The maximum absolute atomic E-state index is 13.0. The molecule has 3 heterocycles. The first-order valence-corrected chi connectivity index (χ1v) is 14.9. The number of amides is 1. The van der Waals surface area contributed by atoms with Gasteiger partial charge < -0.3 is 29.7 Å². The molecule has 0 radical (unpaired) electrons. The van der Waals surface area contributed by atoms with Crippen LogP contribution in [0.4, 0.5) is 5.69 Å². The standard InChI is InChI=1S/C33H26N2O9S/c36-16-18-6-8-19(9-7-18)27-15-23(17-45-29-25(30(38)39)5-2-12-34-29)42-33(43-27)21-3-1-4-22(13-21)35-28(37)20-10-11-24-26(14-20)32(41)44-31(24)40/h1-14,23,27,33,36H,15-17H2,(H,35,37)(H,38,39)/t23-,27+,33?/m0/s1. The molecule has 12 heteroatoms. The van der Waals surface area contributed by atoms with Crippen LogP contribution in [-0.4, -0.2) is 50.9 Å². The van der Waals surface area contributed by atoms with Crippen LogP contribution in [0.25, 0.3) is 0 Å². The molecular weight excluding hydrogens is 600 g/mol. The van der Waals surface area contributed by atoms with E-state index in [1.165, 1.54) is 36.0 Å². The fraction of sp³-hybridized carbons (Fsp3) is 0.182. The molecule has 2 aliphatic heterocycles. The second kappa shape index (κ2) is 13.0. The topological polar surface area (TPSA) is 161 Å². The van der Waals surface area contributed by atoms with Gasteiger partial charge in [-0.25, -0.2) is 19.4 Å². The number of hydrogen-bond donors (Lipinski definition) is 3. The highest BCUT2D eigenvalue weighted by atomic mass is 32.2. The van der Waals surface area contributed by atoms with Crippen molar-refractivity contribution in [1.82, 2.24) is 4.98 Å². The van der Waals surface area contributed by atoms with Crippen molar-refractivity contribution in [2.45, 2.75) is 36.6 Å². The van der Waals surface area contributed by atoms with E-state index in [1.807, 2.05) is 24.3 Å². The van der Waals surface area contributed by atoms with E-state index in [2.05, 4.69) is 15.0 Å². The van der Waals surface area contributed by atoms with E-state index in [1.54, 1.807) is 36.5 Å². The predicted octanol–water partition coefficient (Wildman–Crippen LogP) is 5.17. The summed E-state index contributed by atoms with van der Waals surface area (Å²) in [5.41, 5.74) is 3.16. The third kappa shape index (κ3) is 6.64. The van der Waals surface area contributed by atoms with E-state index >= 15 is 0 Å². The molecule has 11 nitrogen and oxygen atoms in total. The van der Waals surface area contributed by atoms with E-state index < -0.39 is 30.1 Å². The third-order valence-corrected chi connectivity index (χ3v) is 8.48. The summed E-state index contributed by atoms with van der Waals surface area (Å²) in [5.74, 6) is -2.70. The highest BCUT2D eigenvalue weighted by Crippen LogP contribution is 2.40. The van der Waals surface area contributed by atoms with Crippen LogP contribution in [0.1, 0.15) is 76.9 Å². The molecule has 45 heavy (non-hydrogen) atoms. The molecule has 3 N–H and O–H groups in total. The van der Waals surface area contributed by atoms with E-state index in [0.29, 0.717) is 28.5 Å². The largest absolute Gasteiger partial charge is 0.478 e. The number of nitrogens with one attached hydrogen (secondary N) is 1. The number of aromatic nitrogens is 1. The minimum atomic E-state index is -1.06. The van der Waals surface area contributed by atoms with Crippen molar-refractivity contribution in [3.8, 4) is 0 Å². The number of carbonyl (C=O) groups excluding carboxylic acids is 3. The Morgan fingerprint density at radius 2 is 1.71 bits per heavy atom. The van der Waals surface area contributed by atoms with Crippen molar-refractivity contribution >= 4 is 41.3 Å². The van der Waals surface area contributed by atoms with Crippen molar-refractivity contribution in [2.24, 2.45) is 0 Å². The lowest BCUT2D eigenvalue weighted by molar-refractivity contribution is -0.245. The fourth-order valence-electron chi connectivity index (χ4n) is 5.06. The first kappa shape index (κ1) is 30.2. The van der Waals surface area contributed by atoms with Gasteiger partial charge in [-0.05, 0) is 53.6 Å². The number of pyridine rings is 1. The number of fused-ring (bicyclic) bond motifs is 1. The number of benzene rings is 3. The molecule has 0 spiro atoms. The van der Waals surface area contributed by atoms with E-state index in [-0.39, 0.29) is 41.1 Å². The van der Waals surface area contributed by atoms with E-state index in [0.717, 1.165) is 11.1 Å². The normalized spacial score (nSPS) is 19.1. The minimum absolute atomic E-state index is 0.0357. The molecular formula is C33H26N2O9S. The van der Waals surface area contributed by atoms with Crippen molar-refractivity contribution in [3.05, 3.63) is 124 Å². The molecule has 0 bridgehead atoms. The zero-order valence-corrected chi connectivity index (χ0v) is 24.4. The quantitative estimate of drug-likeness (QED) is 0.128. The van der Waals surface area contributed by atoms with Gasteiger partial charge in [-0.15, -0.1) is 11.8 Å². The van der Waals surface area contributed by atoms with Gasteiger partial charge in [0.25, 0.3) is 5.91 Å². The number of ether oxygens (including phenoxy) is 3. The maximum atomic E-state index is 13.0. The zero-order chi connectivity index (χ0) is 31.5. The number of esters is 2. The minimum Gasteiger partial charge on any atom is -0.478 e. The SMILES string of the molecule is O=C(Nc1cccc(C2O[C@H](CSc3ncccc3C(=O)O)C[C@H](c3ccc(CO)cc3)O2)c1)c1ccc2c(c1)C(=O)OC2=O. The van der Waals surface area contributed by atoms with Crippen molar-refractivity contribution in [3.63, 3.8) is 0 Å². The lowest BCUT2D eigenvalue weighted by atomic mass is 10.0. The van der Waals surface area contributed by atoms with Crippen LogP contribution in [0, 0.1) is 0 Å². The number of aliphatic hydroxyl groups excluding tert-OH is 1. The summed E-state index contributed by atoms with van der Waals surface area (Å²) in [5, 5.41) is 22.2. The number of rotatable bonds is 9. The molecule has 1 unspecified atom stereocenters. The Balaban J connectivity index is 1.22. The predicted molar refractivity (Wildman–Crippen MR) is 161 cm³/mol. The molecule has 1 saturated heterocycles. The molecule has 2 aliphatic rings. The van der Waals surface area contributed by atoms with Crippen LogP contribution < -0.4 is 5.32 Å². The summed E-state index contributed by atoms with van der Waals surface area (Å²) in [4.78, 5) is 52.7. The molecule has 6 rings (SSSR count). The van der Waals surface area contributed by atoms with Gasteiger partial charge in [-0.2, -0.15) is 0 Å². The maximum Gasteiger partial charge on any atom is 0.346 e. The highest BCUT2D eigenvalue weighted by Gasteiger charge is 2.33. The summed E-state index contributed by atoms with van der Waals surface area (Å²) >= 11 is 1.28. The smallest absolute Gasteiger partial charge is 0.346 e. The average Bonchev–Trinajstić information content (AvgIpc) is 3.35. The number of aromatic carboxylic acids is 1. The third-order valence-electron chi connectivity index (χ3n) is 7.35. The van der Waals surface area contributed by atoms with Crippen molar-refractivity contribution in [2.75, 3.05) is 11.1 Å². The number of carboxylic acids is 1. The summed E-state index contributed by atoms with van der Waals surface area (Å²) in [6.07, 6.45) is 0.467. The van der Waals surface area contributed by atoms with Crippen LogP contribution in [0.3, 0.4) is 0 Å². The number of carbonyl (C=O) groups is 4. The fourth-order valence-corrected chi connectivity index (χ4v) is 6.06. The van der Waals surface area contributed by atoms with Crippen LogP contribution in [-0.2, 0) is 20.8 Å².